The summed E-state index contributed by atoms with van der Waals surface area (Å²) >= 11 is 0. The van der Waals surface area contributed by atoms with Crippen molar-refractivity contribution in [2.75, 3.05) is 0 Å². The van der Waals surface area contributed by atoms with Crippen molar-refractivity contribution in [3.8, 4) is 22.9 Å². The van der Waals surface area contributed by atoms with E-state index in [2.05, 4.69) is 206 Å². The van der Waals surface area contributed by atoms with Crippen molar-refractivity contribution in [2.24, 2.45) is 0 Å². The van der Waals surface area contributed by atoms with Crippen molar-refractivity contribution in [3.05, 3.63) is 200 Å². The molecule has 0 radical (unpaired) electrons. The molecule has 0 amide bonds. The predicted octanol–water partition coefficient (Wildman–Crippen LogP) is 13.5. The summed E-state index contributed by atoms with van der Waals surface area (Å²) in [7, 11) is 0. The minimum Gasteiger partial charge on any atom is -0.309 e. The van der Waals surface area contributed by atoms with Gasteiger partial charge in [0.05, 0.1) is 44.1 Å². The van der Waals surface area contributed by atoms with E-state index >= 15 is 0 Å². The van der Waals surface area contributed by atoms with Gasteiger partial charge in [-0.2, -0.15) is 0 Å². The van der Waals surface area contributed by atoms with Gasteiger partial charge in [-0.3, -0.25) is 4.57 Å². The third kappa shape index (κ3) is 4.17. The highest BCUT2D eigenvalue weighted by molar-refractivity contribution is 6.30. The molecule has 13 rings (SSSR count). The van der Waals surface area contributed by atoms with Crippen molar-refractivity contribution in [1.82, 2.24) is 23.3 Å². The van der Waals surface area contributed by atoms with Crippen LogP contribution in [0.5, 0.6) is 0 Å². The summed E-state index contributed by atoms with van der Waals surface area (Å²) < 4.78 is 9.60. The summed E-state index contributed by atoms with van der Waals surface area (Å²) in [5.74, 6) is 0.914. The zero-order chi connectivity index (χ0) is 37.9. The number of aromatic nitrogens is 5. The highest BCUT2D eigenvalue weighted by atomic mass is 15.1. The second kappa shape index (κ2) is 11.8. The maximum atomic E-state index is 4.79. The van der Waals surface area contributed by atoms with E-state index in [1.807, 2.05) is 12.3 Å². The van der Waals surface area contributed by atoms with Gasteiger partial charge >= 0.3 is 0 Å². The molecule has 0 aliphatic carbocycles. The minimum atomic E-state index is 0.914. The number of hydrogen-bond acceptors (Lipinski definition) is 1. The standard InChI is InChI=1S/C53H33N5/c1-2-15-34(16-3-1)55-41-23-8-4-19-37(41)50-45(55)28-29-46-51(50)38-20-5-9-24-42(38)56(46)35-17-14-18-36(33-35)57-43-25-10-6-21-39(43)52-47(57)30-31-48-53(52)40-22-7-11-26-44(40)58(48)49-27-12-13-32-54-49/h1-33H. The van der Waals surface area contributed by atoms with Gasteiger partial charge in [-0.25, -0.2) is 4.98 Å². The van der Waals surface area contributed by atoms with Crippen LogP contribution in [-0.2, 0) is 0 Å². The number of fused-ring (bicyclic) bond motifs is 14. The van der Waals surface area contributed by atoms with Crippen molar-refractivity contribution in [2.45, 2.75) is 0 Å². The molecule has 0 bridgehead atoms. The predicted molar refractivity (Wildman–Crippen MR) is 242 cm³/mol. The molecule has 5 heteroatoms. The Morgan fingerprint density at radius 1 is 0.259 bits per heavy atom. The fourth-order valence-corrected chi connectivity index (χ4v) is 9.95. The fraction of sp³-hybridized carbons (Fsp3) is 0. The molecule has 0 N–H and O–H groups in total. The Balaban J connectivity index is 1.09. The Bertz CT molecular complexity index is 3540. The molecule has 5 heterocycles. The zero-order valence-electron chi connectivity index (χ0n) is 31.3. The molecule has 5 nitrogen and oxygen atoms in total. The highest BCUT2D eigenvalue weighted by Gasteiger charge is 2.23. The quantitative estimate of drug-likeness (QED) is 0.177. The first-order chi connectivity index (χ1) is 28.8. The lowest BCUT2D eigenvalue weighted by molar-refractivity contribution is 1.08. The van der Waals surface area contributed by atoms with Gasteiger partial charge in [0.2, 0.25) is 0 Å². The second-order valence-electron chi connectivity index (χ2n) is 15.2. The third-order valence-corrected chi connectivity index (χ3v) is 12.2. The molecular formula is C53H33N5. The van der Waals surface area contributed by atoms with Crippen LogP contribution in [0, 0.1) is 0 Å². The second-order valence-corrected chi connectivity index (χ2v) is 15.2. The van der Waals surface area contributed by atoms with Crippen LogP contribution in [0.25, 0.3) is 110 Å². The number of hydrogen-bond donors (Lipinski definition) is 0. The average Bonchev–Trinajstić information content (AvgIpc) is 4.02. The third-order valence-electron chi connectivity index (χ3n) is 12.2. The normalized spacial score (nSPS) is 12.1. The zero-order valence-corrected chi connectivity index (χ0v) is 31.3. The topological polar surface area (TPSA) is 32.6 Å². The van der Waals surface area contributed by atoms with Crippen molar-refractivity contribution < 1.29 is 0 Å². The van der Waals surface area contributed by atoms with Crippen LogP contribution in [-0.4, -0.2) is 23.3 Å². The number of pyridine rings is 1. The molecule has 0 saturated heterocycles. The van der Waals surface area contributed by atoms with E-state index in [0.29, 0.717) is 0 Å². The molecule has 8 aromatic carbocycles. The molecule has 0 aliphatic rings. The molecule has 5 aromatic heterocycles. The van der Waals surface area contributed by atoms with Crippen LogP contribution >= 0.6 is 0 Å². The van der Waals surface area contributed by atoms with Crippen LogP contribution in [0.2, 0.25) is 0 Å². The Morgan fingerprint density at radius 2 is 0.621 bits per heavy atom. The van der Waals surface area contributed by atoms with Gasteiger partial charge in [0.25, 0.3) is 0 Å². The van der Waals surface area contributed by atoms with E-state index in [1.54, 1.807) is 0 Å². The molecule has 0 aliphatic heterocycles. The summed E-state index contributed by atoms with van der Waals surface area (Å²) in [6, 6.07) is 70.3. The number of nitrogens with zero attached hydrogens (tertiary/aromatic N) is 5. The highest BCUT2D eigenvalue weighted by Crippen LogP contribution is 2.44. The fourth-order valence-electron chi connectivity index (χ4n) is 9.95. The monoisotopic (exact) mass is 739 g/mol. The van der Waals surface area contributed by atoms with Crippen LogP contribution in [0.15, 0.2) is 200 Å². The molecule has 0 saturated carbocycles. The molecule has 58 heavy (non-hydrogen) atoms. The molecule has 0 unspecified atom stereocenters. The molecule has 0 atom stereocenters. The Morgan fingerprint density at radius 3 is 1.07 bits per heavy atom. The molecule has 0 spiro atoms. The molecular weight excluding hydrogens is 707 g/mol. The van der Waals surface area contributed by atoms with E-state index in [0.717, 1.165) is 33.9 Å². The van der Waals surface area contributed by atoms with Gasteiger partial charge in [-0.15, -0.1) is 0 Å². The summed E-state index contributed by atoms with van der Waals surface area (Å²) in [4.78, 5) is 4.79. The van der Waals surface area contributed by atoms with Crippen LogP contribution in [0.4, 0.5) is 0 Å². The number of rotatable bonds is 4. The van der Waals surface area contributed by atoms with E-state index in [4.69, 9.17) is 4.98 Å². The SMILES string of the molecule is c1ccc(-n2c3ccccc3c3c4c5ccccc5n(-c5cccc(-n6c7ccccc7c7c8c9ccccc9n(-c9ccccn9)c8ccc76)c5)c4ccc32)cc1. The first-order valence-corrected chi connectivity index (χ1v) is 19.8. The van der Waals surface area contributed by atoms with E-state index in [1.165, 1.54) is 76.2 Å². The first kappa shape index (κ1) is 31.3. The van der Waals surface area contributed by atoms with Gasteiger partial charge < -0.3 is 13.7 Å². The Hall–Kier alpha value is -7.89. The molecule has 13 aromatic rings. The van der Waals surface area contributed by atoms with Crippen molar-refractivity contribution in [3.63, 3.8) is 0 Å². The smallest absolute Gasteiger partial charge is 0.137 e. The minimum absolute atomic E-state index is 0.914. The average molecular weight is 740 g/mol. The van der Waals surface area contributed by atoms with Gasteiger partial charge in [0.15, 0.2) is 0 Å². The van der Waals surface area contributed by atoms with Crippen molar-refractivity contribution in [1.29, 1.82) is 0 Å². The van der Waals surface area contributed by atoms with E-state index < -0.39 is 0 Å². The lowest BCUT2D eigenvalue weighted by Crippen LogP contribution is -1.99. The van der Waals surface area contributed by atoms with E-state index in [9.17, 15) is 0 Å². The molecule has 270 valence electrons. The molecule has 0 fully saturated rings. The maximum Gasteiger partial charge on any atom is 0.137 e. The van der Waals surface area contributed by atoms with Gasteiger partial charge in [0, 0.05) is 66.3 Å². The van der Waals surface area contributed by atoms with Gasteiger partial charge in [0.1, 0.15) is 5.82 Å². The Kier molecular flexibility index (Phi) is 6.38. The lowest BCUT2D eigenvalue weighted by atomic mass is 10.1. The maximum absolute atomic E-state index is 4.79. The summed E-state index contributed by atoms with van der Waals surface area (Å²) in [6.07, 6.45) is 1.87. The first-order valence-electron chi connectivity index (χ1n) is 19.8. The van der Waals surface area contributed by atoms with Gasteiger partial charge in [-0.05, 0) is 91.0 Å². The van der Waals surface area contributed by atoms with Crippen LogP contribution in [0.3, 0.4) is 0 Å². The van der Waals surface area contributed by atoms with Crippen LogP contribution in [0.1, 0.15) is 0 Å². The summed E-state index contributed by atoms with van der Waals surface area (Å²) in [5, 5.41) is 9.98. The van der Waals surface area contributed by atoms with Gasteiger partial charge in [-0.1, -0.05) is 103 Å². The van der Waals surface area contributed by atoms with E-state index in [-0.39, 0.29) is 0 Å². The largest absolute Gasteiger partial charge is 0.309 e. The number of para-hydroxylation sites is 5. The Labute approximate surface area is 332 Å². The van der Waals surface area contributed by atoms with Crippen LogP contribution < -0.4 is 0 Å². The lowest BCUT2D eigenvalue weighted by Gasteiger charge is -2.13. The summed E-state index contributed by atoms with van der Waals surface area (Å²) in [6.45, 7) is 0. The summed E-state index contributed by atoms with van der Waals surface area (Å²) in [5.41, 5.74) is 12.8. The number of benzene rings is 8. The van der Waals surface area contributed by atoms with Crippen molar-refractivity contribution >= 4 is 87.2 Å².